The van der Waals surface area contributed by atoms with Crippen molar-refractivity contribution in [2.75, 3.05) is 11.4 Å². The van der Waals surface area contributed by atoms with E-state index in [4.69, 9.17) is 16.3 Å². The van der Waals surface area contributed by atoms with Gasteiger partial charge in [-0.05, 0) is 42.5 Å². The second-order valence-electron chi connectivity index (χ2n) is 8.02. The van der Waals surface area contributed by atoms with Gasteiger partial charge >= 0.3 is 5.97 Å². The SMILES string of the molecule is CN(c1ccc(F)cc1)S(=O)(=O)c1ccc(Cl)c(C(=O)OC(C(=O)c2ccccc2)c2ccccc2)c1. The molecule has 9 heteroatoms. The van der Waals surface area contributed by atoms with Gasteiger partial charge in [-0.3, -0.25) is 9.10 Å². The van der Waals surface area contributed by atoms with Gasteiger partial charge in [-0.1, -0.05) is 72.3 Å². The van der Waals surface area contributed by atoms with Crippen molar-refractivity contribution in [2.24, 2.45) is 0 Å². The molecule has 0 spiro atoms. The molecular formula is C28H21ClFNO5S. The topological polar surface area (TPSA) is 80.8 Å². The van der Waals surface area contributed by atoms with Crippen molar-refractivity contribution in [3.8, 4) is 0 Å². The zero-order valence-electron chi connectivity index (χ0n) is 19.5. The number of ketones is 1. The fraction of sp³-hybridized carbons (Fsp3) is 0.0714. The average Bonchev–Trinajstić information content (AvgIpc) is 2.92. The van der Waals surface area contributed by atoms with Crippen molar-refractivity contribution in [3.05, 3.63) is 131 Å². The maximum absolute atomic E-state index is 13.3. The minimum Gasteiger partial charge on any atom is -0.445 e. The number of nitrogens with zero attached hydrogens (tertiary/aromatic N) is 1. The summed E-state index contributed by atoms with van der Waals surface area (Å²) in [4.78, 5) is 26.3. The first kappa shape index (κ1) is 26.1. The quantitative estimate of drug-likeness (QED) is 0.201. The summed E-state index contributed by atoms with van der Waals surface area (Å²) in [6.07, 6.45) is -1.28. The molecule has 0 saturated carbocycles. The lowest BCUT2D eigenvalue weighted by molar-refractivity contribution is 0.0280. The third-order valence-electron chi connectivity index (χ3n) is 5.63. The van der Waals surface area contributed by atoms with Crippen LogP contribution in [0.1, 0.15) is 32.4 Å². The second kappa shape index (κ2) is 10.9. The van der Waals surface area contributed by atoms with Crippen LogP contribution in [0.3, 0.4) is 0 Å². The van der Waals surface area contributed by atoms with Gasteiger partial charge < -0.3 is 4.74 Å². The zero-order valence-corrected chi connectivity index (χ0v) is 21.1. The number of rotatable bonds is 8. The Morgan fingerprint density at radius 1 is 0.865 bits per heavy atom. The Kier molecular flexibility index (Phi) is 7.71. The summed E-state index contributed by atoms with van der Waals surface area (Å²) in [5, 5.41) is -0.0487. The molecule has 37 heavy (non-hydrogen) atoms. The number of carbonyl (C=O) groups is 2. The molecule has 4 rings (SSSR count). The summed E-state index contributed by atoms with van der Waals surface area (Å²) in [6.45, 7) is 0. The summed E-state index contributed by atoms with van der Waals surface area (Å²) in [7, 11) is -2.84. The lowest BCUT2D eigenvalue weighted by Gasteiger charge is -2.21. The van der Waals surface area contributed by atoms with E-state index in [1.54, 1.807) is 60.7 Å². The van der Waals surface area contributed by atoms with E-state index in [-0.39, 0.29) is 21.2 Å². The molecule has 0 N–H and O–H groups in total. The van der Waals surface area contributed by atoms with E-state index >= 15 is 0 Å². The van der Waals surface area contributed by atoms with Crippen molar-refractivity contribution in [2.45, 2.75) is 11.0 Å². The summed E-state index contributed by atoms with van der Waals surface area (Å²) >= 11 is 6.25. The van der Waals surface area contributed by atoms with E-state index in [0.29, 0.717) is 11.1 Å². The number of benzene rings is 4. The van der Waals surface area contributed by atoms with E-state index in [9.17, 15) is 22.4 Å². The Labute approximate surface area is 218 Å². The van der Waals surface area contributed by atoms with Crippen molar-refractivity contribution >= 4 is 39.1 Å². The van der Waals surface area contributed by atoms with Crippen LogP contribution < -0.4 is 4.31 Å². The van der Waals surface area contributed by atoms with E-state index in [0.717, 1.165) is 22.5 Å². The molecule has 0 aliphatic rings. The lowest BCUT2D eigenvalue weighted by atomic mass is 10.00. The van der Waals surface area contributed by atoms with Crippen LogP contribution in [0, 0.1) is 5.82 Å². The van der Waals surface area contributed by atoms with Crippen LogP contribution in [0.15, 0.2) is 108 Å². The molecule has 4 aromatic rings. The highest BCUT2D eigenvalue weighted by Gasteiger charge is 2.29. The zero-order chi connectivity index (χ0) is 26.6. The van der Waals surface area contributed by atoms with Crippen LogP contribution >= 0.6 is 11.6 Å². The standard InChI is InChI=1S/C28H21ClFNO5S/c1-31(22-14-12-21(30)13-15-22)37(34,35)23-16-17-25(29)24(18-23)28(33)36-27(20-10-6-3-7-11-20)26(32)19-8-4-2-5-9-19/h2-18,27H,1H3. The van der Waals surface area contributed by atoms with Crippen molar-refractivity contribution in [1.29, 1.82) is 0 Å². The van der Waals surface area contributed by atoms with Gasteiger partial charge in [0.1, 0.15) is 5.82 Å². The van der Waals surface area contributed by atoms with Crippen LogP contribution in [0.4, 0.5) is 10.1 Å². The van der Waals surface area contributed by atoms with Crippen LogP contribution in [0.2, 0.25) is 5.02 Å². The van der Waals surface area contributed by atoms with Gasteiger partial charge in [-0.2, -0.15) is 0 Å². The molecule has 0 aliphatic heterocycles. The summed E-state index contributed by atoms with van der Waals surface area (Å²) < 4.78 is 46.3. The van der Waals surface area contributed by atoms with Crippen molar-refractivity contribution in [3.63, 3.8) is 0 Å². The average molecular weight is 538 g/mol. The van der Waals surface area contributed by atoms with Crippen LogP contribution in [0.25, 0.3) is 0 Å². The summed E-state index contributed by atoms with van der Waals surface area (Å²) in [6, 6.07) is 25.4. The molecule has 188 valence electrons. The van der Waals surface area contributed by atoms with Gasteiger partial charge in [0.05, 0.1) is 21.2 Å². The number of anilines is 1. The molecule has 0 fully saturated rings. The summed E-state index contributed by atoms with van der Waals surface area (Å²) in [5.41, 5.74) is 0.781. The Bertz CT molecular complexity index is 1530. The Hall–Kier alpha value is -4.01. The number of hydrogen-bond donors (Lipinski definition) is 0. The summed E-state index contributed by atoms with van der Waals surface area (Å²) in [5.74, 6) is -1.93. The monoisotopic (exact) mass is 537 g/mol. The highest BCUT2D eigenvalue weighted by molar-refractivity contribution is 7.92. The third kappa shape index (κ3) is 5.71. The van der Waals surface area contributed by atoms with E-state index < -0.39 is 33.7 Å². The Morgan fingerprint density at radius 3 is 2.08 bits per heavy atom. The third-order valence-corrected chi connectivity index (χ3v) is 7.74. The fourth-order valence-corrected chi connectivity index (χ4v) is 5.01. The normalized spacial score (nSPS) is 12.0. The van der Waals surface area contributed by atoms with Crippen molar-refractivity contribution in [1.82, 2.24) is 0 Å². The number of hydrogen-bond acceptors (Lipinski definition) is 5. The number of ether oxygens (including phenoxy) is 1. The van der Waals surface area contributed by atoms with Crippen LogP contribution in [0.5, 0.6) is 0 Å². The predicted molar refractivity (Wildman–Crippen MR) is 139 cm³/mol. The van der Waals surface area contributed by atoms with E-state index in [1.165, 1.54) is 31.3 Å². The van der Waals surface area contributed by atoms with E-state index in [2.05, 4.69) is 0 Å². The predicted octanol–water partition coefficient (Wildman–Crippen LogP) is 6.09. The number of Topliss-reactive ketones (excluding diaryl/α,β-unsaturated/α-hetero) is 1. The maximum atomic E-state index is 13.3. The van der Waals surface area contributed by atoms with Gasteiger partial charge in [0, 0.05) is 18.2 Å². The van der Waals surface area contributed by atoms with Gasteiger partial charge in [0.15, 0.2) is 6.10 Å². The maximum Gasteiger partial charge on any atom is 0.340 e. The first-order chi connectivity index (χ1) is 17.7. The molecule has 4 aromatic carbocycles. The lowest BCUT2D eigenvalue weighted by Crippen LogP contribution is -2.27. The molecule has 0 aromatic heterocycles. The molecule has 0 radical (unpaired) electrons. The highest BCUT2D eigenvalue weighted by Crippen LogP contribution is 2.29. The molecule has 1 atom stereocenters. The number of carbonyl (C=O) groups excluding carboxylic acids is 2. The molecule has 0 heterocycles. The molecule has 0 aliphatic carbocycles. The number of sulfonamides is 1. The van der Waals surface area contributed by atoms with Gasteiger partial charge in [-0.15, -0.1) is 0 Å². The van der Waals surface area contributed by atoms with Crippen LogP contribution in [-0.4, -0.2) is 27.2 Å². The fourth-order valence-electron chi connectivity index (χ4n) is 3.59. The van der Waals surface area contributed by atoms with E-state index in [1.807, 2.05) is 0 Å². The number of halogens is 2. The first-order valence-corrected chi connectivity index (χ1v) is 12.9. The minimum absolute atomic E-state index is 0.0487. The Morgan fingerprint density at radius 2 is 1.46 bits per heavy atom. The molecule has 0 saturated heterocycles. The van der Waals surface area contributed by atoms with Gasteiger partial charge in [0.2, 0.25) is 5.78 Å². The number of esters is 1. The second-order valence-corrected chi connectivity index (χ2v) is 10.4. The van der Waals surface area contributed by atoms with Crippen LogP contribution in [-0.2, 0) is 14.8 Å². The van der Waals surface area contributed by atoms with Gasteiger partial charge in [0.25, 0.3) is 10.0 Å². The molecule has 0 bridgehead atoms. The molecule has 1 unspecified atom stereocenters. The van der Waals surface area contributed by atoms with Gasteiger partial charge in [-0.25, -0.2) is 17.6 Å². The Balaban J connectivity index is 1.67. The largest absolute Gasteiger partial charge is 0.445 e. The molecular weight excluding hydrogens is 517 g/mol. The van der Waals surface area contributed by atoms with Crippen molar-refractivity contribution < 1.29 is 27.1 Å². The molecule has 6 nitrogen and oxygen atoms in total. The smallest absolute Gasteiger partial charge is 0.340 e. The highest BCUT2D eigenvalue weighted by atomic mass is 35.5. The molecule has 0 amide bonds. The minimum atomic E-state index is -4.14. The first-order valence-electron chi connectivity index (χ1n) is 11.1.